The lowest BCUT2D eigenvalue weighted by molar-refractivity contribution is 0.0687. The molecule has 3 rings (SSSR count). The highest BCUT2D eigenvalue weighted by atomic mass is 16.4. The van der Waals surface area contributed by atoms with E-state index in [0.717, 1.165) is 0 Å². The van der Waals surface area contributed by atoms with E-state index in [1.807, 2.05) is 0 Å². The molecular formula is C20H13BN2O3. The molecule has 0 spiro atoms. The largest absolute Gasteiger partial charge is 0.477 e. The second-order valence-electron chi connectivity index (χ2n) is 5.71. The van der Waals surface area contributed by atoms with Crippen LogP contribution >= 0.6 is 0 Å². The Balaban J connectivity index is 1.94. The molecule has 3 aromatic rings. The van der Waals surface area contributed by atoms with E-state index in [1.165, 1.54) is 4.57 Å². The zero-order chi connectivity index (χ0) is 18.7. The van der Waals surface area contributed by atoms with Crippen molar-refractivity contribution in [1.29, 1.82) is 0 Å². The van der Waals surface area contributed by atoms with Crippen LogP contribution in [0.1, 0.15) is 26.4 Å². The molecule has 5 nitrogen and oxygen atoms in total. The molecule has 1 aromatic heterocycles. The smallest absolute Gasteiger partial charge is 0.353 e. The van der Waals surface area contributed by atoms with Gasteiger partial charge in [0.15, 0.2) is 11.5 Å². The molecule has 0 saturated heterocycles. The Hall–Kier alpha value is -3.59. The maximum Gasteiger partial charge on any atom is 0.353 e. The number of benzene rings is 2. The average Bonchev–Trinajstić information content (AvgIpc) is 3.06. The quantitative estimate of drug-likeness (QED) is 0.441. The van der Waals surface area contributed by atoms with Crippen molar-refractivity contribution in [3.63, 3.8) is 0 Å². The number of nitrogens with zero attached hydrogens (tertiary/aromatic N) is 2. The van der Waals surface area contributed by atoms with Crippen LogP contribution in [0.15, 0.2) is 60.8 Å². The summed E-state index contributed by atoms with van der Waals surface area (Å²) < 4.78 is 1.50. The van der Waals surface area contributed by atoms with Crippen molar-refractivity contribution in [2.24, 2.45) is 0 Å². The zero-order valence-electron chi connectivity index (χ0n) is 13.7. The minimum absolute atomic E-state index is 0.0291. The van der Waals surface area contributed by atoms with Crippen molar-refractivity contribution < 1.29 is 14.7 Å². The predicted molar refractivity (Wildman–Crippen MR) is 98.9 cm³/mol. The molecule has 1 heterocycles. The van der Waals surface area contributed by atoms with Crippen LogP contribution in [-0.2, 0) is 6.42 Å². The molecule has 0 aliphatic rings. The standard InChI is InChI=1S/C20H13BN2O3/c1-22-16-6-8-17(9-7-16)23-11-10-14(19(23)20(25)26)12-18(24)13-2-4-15(21)5-3-13/h2-11H,12H2,(H,25,26). The van der Waals surface area contributed by atoms with Crippen LogP contribution in [-0.4, -0.2) is 29.3 Å². The number of rotatable bonds is 5. The van der Waals surface area contributed by atoms with E-state index >= 15 is 0 Å². The molecule has 0 amide bonds. The van der Waals surface area contributed by atoms with E-state index in [4.69, 9.17) is 14.4 Å². The molecule has 0 aliphatic carbocycles. The van der Waals surface area contributed by atoms with Gasteiger partial charge in [-0.05, 0) is 23.8 Å². The highest BCUT2D eigenvalue weighted by Gasteiger charge is 2.20. The summed E-state index contributed by atoms with van der Waals surface area (Å²) in [6.45, 7) is 6.98. The summed E-state index contributed by atoms with van der Waals surface area (Å²) >= 11 is 0. The third kappa shape index (κ3) is 3.42. The Morgan fingerprint density at radius 1 is 1.04 bits per heavy atom. The number of carboxylic acid groups (broad SMARTS) is 1. The molecule has 6 heteroatoms. The van der Waals surface area contributed by atoms with Gasteiger partial charge in [-0.25, -0.2) is 9.64 Å². The summed E-state index contributed by atoms with van der Waals surface area (Å²) in [7, 11) is 5.62. The van der Waals surface area contributed by atoms with Gasteiger partial charge in [-0.3, -0.25) is 4.79 Å². The van der Waals surface area contributed by atoms with Crippen LogP contribution in [0.4, 0.5) is 5.69 Å². The number of Topliss-reactive ketones (excluding diaryl/α,β-unsaturated/α-hetero) is 1. The molecule has 0 saturated carbocycles. The maximum atomic E-state index is 12.5. The van der Waals surface area contributed by atoms with Gasteiger partial charge in [0.05, 0.1) is 6.57 Å². The second kappa shape index (κ2) is 7.12. The number of carbonyl (C=O) groups is 2. The summed E-state index contributed by atoms with van der Waals surface area (Å²) in [5.41, 5.74) is 2.57. The van der Waals surface area contributed by atoms with Crippen LogP contribution in [0.3, 0.4) is 0 Å². The molecule has 0 fully saturated rings. The van der Waals surface area contributed by atoms with E-state index in [-0.39, 0.29) is 17.9 Å². The molecule has 0 aliphatic heterocycles. The van der Waals surface area contributed by atoms with Crippen LogP contribution < -0.4 is 5.46 Å². The van der Waals surface area contributed by atoms with Gasteiger partial charge in [0.1, 0.15) is 13.5 Å². The molecule has 26 heavy (non-hydrogen) atoms. The Morgan fingerprint density at radius 2 is 1.69 bits per heavy atom. The van der Waals surface area contributed by atoms with E-state index < -0.39 is 5.97 Å². The first kappa shape index (κ1) is 17.2. The van der Waals surface area contributed by atoms with Crippen LogP contribution in [0, 0.1) is 6.57 Å². The van der Waals surface area contributed by atoms with Crippen LogP contribution in [0.25, 0.3) is 10.5 Å². The number of hydrogen-bond acceptors (Lipinski definition) is 2. The monoisotopic (exact) mass is 340 g/mol. The van der Waals surface area contributed by atoms with E-state index in [2.05, 4.69) is 4.85 Å². The normalized spacial score (nSPS) is 10.3. The van der Waals surface area contributed by atoms with Crippen LogP contribution in [0.5, 0.6) is 0 Å². The van der Waals surface area contributed by atoms with Crippen molar-refractivity contribution in [3.8, 4) is 5.69 Å². The summed E-state index contributed by atoms with van der Waals surface area (Å²) in [6, 6.07) is 14.7. The number of aromatic carboxylic acids is 1. The molecule has 2 aromatic carbocycles. The van der Waals surface area contributed by atoms with Crippen molar-refractivity contribution in [1.82, 2.24) is 4.57 Å². The Morgan fingerprint density at radius 3 is 2.27 bits per heavy atom. The van der Waals surface area contributed by atoms with Gasteiger partial charge in [0, 0.05) is 23.9 Å². The minimum atomic E-state index is -1.12. The first-order valence-corrected chi connectivity index (χ1v) is 7.80. The zero-order valence-corrected chi connectivity index (χ0v) is 13.7. The molecule has 124 valence electrons. The number of aromatic nitrogens is 1. The Bertz CT molecular complexity index is 1010. The summed E-state index contributed by atoms with van der Waals surface area (Å²) in [6.07, 6.45) is 1.58. The van der Waals surface area contributed by atoms with Crippen molar-refractivity contribution in [2.45, 2.75) is 6.42 Å². The number of hydrogen-bond donors (Lipinski definition) is 1. The molecular weight excluding hydrogens is 327 g/mol. The number of carbonyl (C=O) groups excluding carboxylic acids is 1. The molecule has 0 atom stereocenters. The lowest BCUT2D eigenvalue weighted by Gasteiger charge is -2.08. The average molecular weight is 340 g/mol. The summed E-state index contributed by atoms with van der Waals surface area (Å²) in [4.78, 5) is 27.5. The van der Waals surface area contributed by atoms with Gasteiger partial charge >= 0.3 is 5.97 Å². The maximum absolute atomic E-state index is 12.5. The lowest BCUT2D eigenvalue weighted by atomic mass is 9.93. The second-order valence-corrected chi connectivity index (χ2v) is 5.71. The first-order chi connectivity index (χ1) is 12.5. The minimum Gasteiger partial charge on any atom is -0.477 e. The van der Waals surface area contributed by atoms with Gasteiger partial charge in [0.25, 0.3) is 0 Å². The predicted octanol–water partition coefficient (Wildman–Crippen LogP) is 2.95. The molecule has 0 unspecified atom stereocenters. The Kier molecular flexibility index (Phi) is 4.72. The highest BCUT2D eigenvalue weighted by Crippen LogP contribution is 2.22. The fourth-order valence-corrected chi connectivity index (χ4v) is 2.70. The van der Waals surface area contributed by atoms with Gasteiger partial charge in [-0.1, -0.05) is 41.9 Å². The number of ketones is 1. The Labute approximate surface area is 151 Å². The topological polar surface area (TPSA) is 63.7 Å². The number of carboxylic acids is 1. The summed E-state index contributed by atoms with van der Waals surface area (Å²) in [5, 5.41) is 9.62. The molecule has 1 N–H and O–H groups in total. The van der Waals surface area contributed by atoms with Crippen molar-refractivity contribution in [3.05, 3.63) is 89.0 Å². The van der Waals surface area contributed by atoms with E-state index in [0.29, 0.717) is 28.0 Å². The third-order valence-corrected chi connectivity index (χ3v) is 4.01. The summed E-state index contributed by atoms with van der Waals surface area (Å²) in [5.74, 6) is -1.31. The lowest BCUT2D eigenvalue weighted by Crippen LogP contribution is -2.12. The van der Waals surface area contributed by atoms with Crippen LogP contribution in [0.2, 0.25) is 0 Å². The van der Waals surface area contributed by atoms with Gasteiger partial charge < -0.3 is 9.67 Å². The van der Waals surface area contributed by atoms with E-state index in [9.17, 15) is 14.7 Å². The fourth-order valence-electron chi connectivity index (χ4n) is 2.70. The first-order valence-electron chi connectivity index (χ1n) is 7.80. The SMILES string of the molecule is [B]c1ccc(C(=O)Cc2ccn(-c3ccc([N+]#[C-])cc3)c2C(=O)O)cc1. The highest BCUT2D eigenvalue weighted by molar-refractivity contribution is 6.32. The van der Waals surface area contributed by atoms with Crippen molar-refractivity contribution >= 4 is 30.7 Å². The van der Waals surface area contributed by atoms with Crippen molar-refractivity contribution in [2.75, 3.05) is 0 Å². The third-order valence-electron chi connectivity index (χ3n) is 4.01. The fraction of sp³-hybridized carbons (Fsp3) is 0.0500. The van der Waals surface area contributed by atoms with Gasteiger partial charge in [-0.2, -0.15) is 0 Å². The van der Waals surface area contributed by atoms with Gasteiger partial charge in [0.2, 0.25) is 0 Å². The molecule has 2 radical (unpaired) electrons. The van der Waals surface area contributed by atoms with E-state index in [1.54, 1.807) is 60.8 Å². The van der Waals surface area contributed by atoms with Gasteiger partial charge in [-0.15, -0.1) is 0 Å². The molecule has 0 bridgehead atoms.